The van der Waals surface area contributed by atoms with E-state index in [-0.39, 0.29) is 15.6 Å². The van der Waals surface area contributed by atoms with E-state index < -0.39 is 11.6 Å². The monoisotopic (exact) mass is 288 g/mol. The maximum Gasteiger partial charge on any atom is 0.208 e. The van der Waals surface area contributed by atoms with Crippen molar-refractivity contribution in [2.24, 2.45) is 0 Å². The van der Waals surface area contributed by atoms with E-state index in [4.69, 9.17) is 10.2 Å². The third kappa shape index (κ3) is 2.10. The van der Waals surface area contributed by atoms with Gasteiger partial charge in [-0.3, -0.25) is 4.79 Å². The predicted octanol–water partition coefficient (Wildman–Crippen LogP) is 3.36. The summed E-state index contributed by atoms with van der Waals surface area (Å²) >= 11 is 1.01. The molecule has 0 fully saturated rings. The molecule has 20 heavy (non-hydrogen) atoms. The van der Waals surface area contributed by atoms with Gasteiger partial charge < -0.3 is 10.2 Å². The number of ketones is 1. The quantitative estimate of drug-likeness (QED) is 0.750. The average Bonchev–Trinajstić information content (AvgIpc) is 3.07. The Labute approximate surface area is 117 Å². The van der Waals surface area contributed by atoms with Gasteiger partial charge in [0.15, 0.2) is 10.9 Å². The molecule has 6 heteroatoms. The minimum atomic E-state index is -0.574. The number of hydrogen-bond acceptors (Lipinski definition) is 5. The number of carbonyl (C=O) groups excluding carboxylic acids is 1. The Kier molecular flexibility index (Phi) is 3.08. The molecule has 3 aromatic rings. The molecule has 0 radical (unpaired) electrons. The van der Waals surface area contributed by atoms with Gasteiger partial charge in [-0.2, -0.15) is 0 Å². The van der Waals surface area contributed by atoms with E-state index in [1.54, 1.807) is 18.2 Å². The van der Waals surface area contributed by atoms with Gasteiger partial charge in [-0.1, -0.05) is 23.5 Å². The Morgan fingerprint density at radius 2 is 2.05 bits per heavy atom. The zero-order valence-electron chi connectivity index (χ0n) is 10.2. The fourth-order valence-electron chi connectivity index (χ4n) is 1.84. The highest BCUT2D eigenvalue weighted by Crippen LogP contribution is 2.32. The molecule has 0 aliphatic heterocycles. The summed E-state index contributed by atoms with van der Waals surface area (Å²) in [4.78, 5) is 16.8. The molecule has 0 aliphatic rings. The number of nitrogens with zero attached hydrogens (tertiary/aromatic N) is 1. The van der Waals surface area contributed by atoms with Crippen molar-refractivity contribution in [3.8, 4) is 11.5 Å². The second-order valence-electron chi connectivity index (χ2n) is 4.02. The molecule has 0 saturated heterocycles. The summed E-state index contributed by atoms with van der Waals surface area (Å²) in [5.41, 5.74) is 5.99. The van der Waals surface area contributed by atoms with Gasteiger partial charge in [0.1, 0.15) is 16.4 Å². The number of carbonyl (C=O) groups is 1. The summed E-state index contributed by atoms with van der Waals surface area (Å²) in [5.74, 6) is -0.601. The number of rotatable bonds is 3. The van der Waals surface area contributed by atoms with E-state index in [9.17, 15) is 9.18 Å². The molecule has 2 aromatic heterocycles. The Balaban J connectivity index is 2.12. The van der Waals surface area contributed by atoms with Crippen molar-refractivity contribution in [1.29, 1.82) is 0 Å². The maximum atomic E-state index is 13.7. The van der Waals surface area contributed by atoms with E-state index >= 15 is 0 Å². The number of hydrogen-bond donors (Lipinski definition) is 1. The lowest BCUT2D eigenvalue weighted by molar-refractivity contribution is 0.103. The lowest BCUT2D eigenvalue weighted by atomic mass is 10.1. The van der Waals surface area contributed by atoms with E-state index in [0.29, 0.717) is 11.5 Å². The molecular formula is C14H9FN2O2S. The molecule has 0 saturated carbocycles. The van der Waals surface area contributed by atoms with Gasteiger partial charge in [0.2, 0.25) is 5.78 Å². The Bertz CT molecular complexity index is 765. The molecule has 1 aromatic carbocycles. The summed E-state index contributed by atoms with van der Waals surface area (Å²) < 4.78 is 18.9. The largest absolute Gasteiger partial charge is 0.463 e. The van der Waals surface area contributed by atoms with Crippen LogP contribution in [0.2, 0.25) is 0 Å². The number of thiazole rings is 1. The lowest BCUT2D eigenvalue weighted by Crippen LogP contribution is -2.03. The number of nitrogen functional groups attached to an aromatic ring is 1. The first kappa shape index (κ1) is 12.6. The first-order chi connectivity index (χ1) is 9.66. The molecule has 2 heterocycles. The normalized spacial score (nSPS) is 10.7. The van der Waals surface area contributed by atoms with Crippen molar-refractivity contribution < 1.29 is 13.6 Å². The Morgan fingerprint density at radius 1 is 1.25 bits per heavy atom. The number of nitrogens with two attached hydrogens (primary N) is 1. The van der Waals surface area contributed by atoms with Crippen molar-refractivity contribution in [3.05, 3.63) is 58.9 Å². The summed E-state index contributed by atoms with van der Waals surface area (Å²) in [7, 11) is 0. The minimum Gasteiger partial charge on any atom is -0.463 e. The summed E-state index contributed by atoms with van der Waals surface area (Å²) in [6.07, 6.45) is 1.47. The Hall–Kier alpha value is -2.47. The van der Waals surface area contributed by atoms with Gasteiger partial charge in [-0.15, -0.1) is 0 Å². The second-order valence-corrected chi connectivity index (χ2v) is 5.05. The lowest BCUT2D eigenvalue weighted by Gasteiger charge is -2.01. The van der Waals surface area contributed by atoms with Crippen molar-refractivity contribution in [1.82, 2.24) is 4.98 Å². The SMILES string of the molecule is Nc1nc(-c2ccco2)c(C(=O)c2ccccc2F)s1. The first-order valence-electron chi connectivity index (χ1n) is 5.76. The topological polar surface area (TPSA) is 69.1 Å². The molecule has 100 valence electrons. The molecule has 0 amide bonds. The fourth-order valence-corrected chi connectivity index (χ4v) is 2.63. The van der Waals surface area contributed by atoms with Crippen molar-refractivity contribution in [2.45, 2.75) is 0 Å². The molecule has 0 atom stereocenters. The van der Waals surface area contributed by atoms with Crippen LogP contribution in [0, 0.1) is 5.82 Å². The zero-order chi connectivity index (χ0) is 14.1. The number of aromatic nitrogens is 1. The third-order valence-electron chi connectivity index (χ3n) is 2.72. The summed E-state index contributed by atoms with van der Waals surface area (Å²) in [6.45, 7) is 0. The van der Waals surface area contributed by atoms with Gasteiger partial charge >= 0.3 is 0 Å². The molecule has 4 nitrogen and oxygen atoms in total. The standard InChI is InChI=1S/C14H9FN2O2S/c15-9-5-2-1-4-8(9)12(18)13-11(17-14(16)20-13)10-6-3-7-19-10/h1-7H,(H2,16,17). The number of halogens is 1. The fraction of sp³-hybridized carbons (Fsp3) is 0. The van der Waals surface area contributed by atoms with Crippen LogP contribution < -0.4 is 5.73 Å². The maximum absolute atomic E-state index is 13.7. The third-order valence-corrected chi connectivity index (χ3v) is 3.61. The number of benzene rings is 1. The molecule has 2 N–H and O–H groups in total. The van der Waals surface area contributed by atoms with Crippen LogP contribution in [0.4, 0.5) is 9.52 Å². The van der Waals surface area contributed by atoms with Gasteiger partial charge in [0.25, 0.3) is 0 Å². The van der Waals surface area contributed by atoms with E-state index in [1.807, 2.05) is 0 Å². The molecule has 0 bridgehead atoms. The van der Waals surface area contributed by atoms with Crippen LogP contribution in [0.5, 0.6) is 0 Å². The van der Waals surface area contributed by atoms with Crippen molar-refractivity contribution in [2.75, 3.05) is 5.73 Å². The molecule has 0 spiro atoms. The van der Waals surface area contributed by atoms with E-state index in [2.05, 4.69) is 4.98 Å². The van der Waals surface area contributed by atoms with Crippen LogP contribution in [0.25, 0.3) is 11.5 Å². The smallest absolute Gasteiger partial charge is 0.208 e. The van der Waals surface area contributed by atoms with Gasteiger partial charge in [0, 0.05) is 0 Å². The van der Waals surface area contributed by atoms with Crippen LogP contribution in [0.3, 0.4) is 0 Å². The molecule has 0 aliphatic carbocycles. The van der Waals surface area contributed by atoms with Crippen LogP contribution in [0.1, 0.15) is 15.2 Å². The first-order valence-corrected chi connectivity index (χ1v) is 6.58. The van der Waals surface area contributed by atoms with Crippen LogP contribution in [-0.4, -0.2) is 10.8 Å². The van der Waals surface area contributed by atoms with Crippen LogP contribution in [0.15, 0.2) is 47.1 Å². The summed E-state index contributed by atoms with van der Waals surface area (Å²) in [5, 5.41) is 0.232. The van der Waals surface area contributed by atoms with Crippen LogP contribution in [-0.2, 0) is 0 Å². The molecule has 3 rings (SSSR count). The summed E-state index contributed by atoms with van der Waals surface area (Å²) in [6, 6.07) is 9.16. The second kappa shape index (κ2) is 4.90. The van der Waals surface area contributed by atoms with Gasteiger partial charge in [-0.05, 0) is 24.3 Å². The van der Waals surface area contributed by atoms with Gasteiger partial charge in [0.05, 0.1) is 11.8 Å². The van der Waals surface area contributed by atoms with Gasteiger partial charge in [-0.25, -0.2) is 9.37 Å². The number of furan rings is 1. The van der Waals surface area contributed by atoms with E-state index in [0.717, 1.165) is 11.3 Å². The van der Waals surface area contributed by atoms with E-state index in [1.165, 1.54) is 24.5 Å². The van der Waals surface area contributed by atoms with Crippen molar-refractivity contribution in [3.63, 3.8) is 0 Å². The number of anilines is 1. The zero-order valence-corrected chi connectivity index (χ0v) is 11.0. The highest BCUT2D eigenvalue weighted by Gasteiger charge is 2.23. The van der Waals surface area contributed by atoms with Crippen molar-refractivity contribution >= 4 is 22.3 Å². The Morgan fingerprint density at radius 3 is 2.75 bits per heavy atom. The van der Waals surface area contributed by atoms with Crippen LogP contribution >= 0.6 is 11.3 Å². The molecular weight excluding hydrogens is 279 g/mol. The average molecular weight is 288 g/mol. The minimum absolute atomic E-state index is 0.0102. The molecule has 0 unspecified atom stereocenters. The highest BCUT2D eigenvalue weighted by atomic mass is 32.1. The predicted molar refractivity (Wildman–Crippen MR) is 74.1 cm³/mol. The highest BCUT2D eigenvalue weighted by molar-refractivity contribution is 7.18.